The molecule has 6 heteroatoms. The Bertz CT molecular complexity index is 1020. The Morgan fingerprint density at radius 3 is 1.96 bits per heavy atom. The minimum atomic E-state index is -3.56. The first-order valence-corrected chi connectivity index (χ1v) is 12.0. The summed E-state index contributed by atoms with van der Waals surface area (Å²) in [6.45, 7) is 4.28. The van der Waals surface area contributed by atoms with Crippen LogP contribution in [0.3, 0.4) is 0 Å². The Morgan fingerprint density at radius 2 is 1.39 bits per heavy atom. The maximum Gasteiger partial charge on any atom is 0.240 e. The predicted molar refractivity (Wildman–Crippen MR) is 120 cm³/mol. The minimum Gasteiger partial charge on any atom is -0.210 e. The maximum atomic E-state index is 12.7. The Balaban J connectivity index is 1.81. The Kier molecular flexibility index (Phi) is 6.99. The molecular formula is C22H22BrNO2S2. The zero-order chi connectivity index (χ0) is 20.1. The molecule has 3 rings (SSSR count). The van der Waals surface area contributed by atoms with Gasteiger partial charge in [-0.15, -0.1) is 11.8 Å². The molecule has 0 aliphatic rings. The average molecular weight is 476 g/mol. The highest BCUT2D eigenvalue weighted by Crippen LogP contribution is 2.35. The molecule has 0 saturated carbocycles. The van der Waals surface area contributed by atoms with Crippen LogP contribution in [0.2, 0.25) is 0 Å². The minimum absolute atomic E-state index is 0.0398. The third-order valence-electron chi connectivity index (χ3n) is 4.33. The van der Waals surface area contributed by atoms with Gasteiger partial charge < -0.3 is 0 Å². The summed E-state index contributed by atoms with van der Waals surface area (Å²) in [6, 6.07) is 23.2. The molecule has 0 amide bonds. The van der Waals surface area contributed by atoms with Gasteiger partial charge in [0, 0.05) is 21.2 Å². The molecule has 0 heterocycles. The molecule has 1 atom stereocenters. The van der Waals surface area contributed by atoms with Gasteiger partial charge in [-0.25, -0.2) is 13.1 Å². The van der Waals surface area contributed by atoms with Crippen LogP contribution in [0.15, 0.2) is 87.1 Å². The number of nitrogens with one attached hydrogen (secondary N) is 1. The molecule has 0 aliphatic carbocycles. The highest BCUT2D eigenvalue weighted by atomic mass is 79.9. The van der Waals surface area contributed by atoms with E-state index in [0.717, 1.165) is 20.5 Å². The molecule has 28 heavy (non-hydrogen) atoms. The van der Waals surface area contributed by atoms with E-state index in [9.17, 15) is 8.42 Å². The summed E-state index contributed by atoms with van der Waals surface area (Å²) in [5.41, 5.74) is 3.30. The molecule has 1 unspecified atom stereocenters. The Hall–Kier alpha value is -1.60. The lowest BCUT2D eigenvalue weighted by molar-refractivity contribution is 0.581. The first-order valence-electron chi connectivity index (χ1n) is 8.88. The van der Waals surface area contributed by atoms with E-state index in [1.54, 1.807) is 23.9 Å². The number of aryl methyl sites for hydroxylation is 2. The van der Waals surface area contributed by atoms with Crippen molar-refractivity contribution in [1.29, 1.82) is 0 Å². The van der Waals surface area contributed by atoms with Crippen molar-refractivity contribution in [3.63, 3.8) is 0 Å². The van der Waals surface area contributed by atoms with Crippen LogP contribution < -0.4 is 4.72 Å². The molecule has 0 aromatic heterocycles. The van der Waals surface area contributed by atoms with Crippen molar-refractivity contribution in [1.82, 2.24) is 4.72 Å². The summed E-state index contributed by atoms with van der Waals surface area (Å²) in [7, 11) is -3.56. The first-order chi connectivity index (χ1) is 13.3. The molecule has 3 aromatic carbocycles. The van der Waals surface area contributed by atoms with Crippen molar-refractivity contribution in [2.24, 2.45) is 0 Å². The van der Waals surface area contributed by atoms with E-state index in [4.69, 9.17) is 0 Å². The van der Waals surface area contributed by atoms with Gasteiger partial charge in [-0.05, 0) is 55.8 Å². The van der Waals surface area contributed by atoms with Gasteiger partial charge in [0.15, 0.2) is 0 Å². The maximum absolute atomic E-state index is 12.7. The van der Waals surface area contributed by atoms with E-state index in [1.807, 2.05) is 50.2 Å². The van der Waals surface area contributed by atoms with Crippen LogP contribution in [-0.4, -0.2) is 15.0 Å². The van der Waals surface area contributed by atoms with Crippen molar-refractivity contribution in [2.75, 3.05) is 6.54 Å². The van der Waals surface area contributed by atoms with Crippen molar-refractivity contribution in [3.05, 3.63) is 94.0 Å². The van der Waals surface area contributed by atoms with E-state index in [0.29, 0.717) is 6.54 Å². The molecule has 3 aromatic rings. The van der Waals surface area contributed by atoms with Crippen molar-refractivity contribution >= 4 is 37.7 Å². The second kappa shape index (κ2) is 9.27. The Morgan fingerprint density at radius 1 is 0.857 bits per heavy atom. The zero-order valence-corrected chi connectivity index (χ0v) is 18.9. The topological polar surface area (TPSA) is 46.2 Å². The third kappa shape index (κ3) is 5.70. The van der Waals surface area contributed by atoms with E-state index >= 15 is 0 Å². The fourth-order valence-electron chi connectivity index (χ4n) is 2.67. The highest BCUT2D eigenvalue weighted by Gasteiger charge is 2.19. The Labute approximate surface area is 179 Å². The summed E-state index contributed by atoms with van der Waals surface area (Å²) < 4.78 is 29.2. The standard InChI is InChI=1S/C22H22BrNO2S2/c1-16-3-7-18(8-4-16)22(27-20-11-9-19(23)10-12-20)15-24-28(25,26)21-13-5-17(2)6-14-21/h3-14,22,24H,15H2,1-2H3. The quantitative estimate of drug-likeness (QED) is 0.434. The van der Waals surface area contributed by atoms with E-state index in [2.05, 4.69) is 44.9 Å². The summed E-state index contributed by atoms with van der Waals surface area (Å²) in [5, 5.41) is -0.0398. The molecule has 1 N–H and O–H groups in total. The van der Waals surface area contributed by atoms with Gasteiger partial charge >= 0.3 is 0 Å². The zero-order valence-electron chi connectivity index (χ0n) is 15.7. The number of sulfonamides is 1. The molecular weight excluding hydrogens is 454 g/mol. The van der Waals surface area contributed by atoms with Crippen LogP contribution in [0.1, 0.15) is 21.9 Å². The van der Waals surface area contributed by atoms with Crippen molar-refractivity contribution in [3.8, 4) is 0 Å². The largest absolute Gasteiger partial charge is 0.240 e. The number of benzene rings is 3. The van der Waals surface area contributed by atoms with Crippen LogP contribution >= 0.6 is 27.7 Å². The number of rotatable bonds is 7. The van der Waals surface area contributed by atoms with Gasteiger partial charge in [0.2, 0.25) is 10.0 Å². The first kappa shape index (κ1) is 21.1. The fourth-order valence-corrected chi connectivity index (χ4v) is 5.17. The molecule has 3 nitrogen and oxygen atoms in total. The van der Waals surface area contributed by atoms with E-state index in [-0.39, 0.29) is 10.1 Å². The summed E-state index contributed by atoms with van der Waals surface area (Å²) in [6.07, 6.45) is 0. The number of hydrogen-bond acceptors (Lipinski definition) is 3. The van der Waals surface area contributed by atoms with Gasteiger partial charge in [0.1, 0.15) is 0 Å². The van der Waals surface area contributed by atoms with Crippen LogP contribution in [-0.2, 0) is 10.0 Å². The van der Waals surface area contributed by atoms with Crippen molar-refractivity contribution in [2.45, 2.75) is 28.9 Å². The van der Waals surface area contributed by atoms with Crippen LogP contribution in [0.4, 0.5) is 0 Å². The monoisotopic (exact) mass is 475 g/mol. The lowest BCUT2D eigenvalue weighted by Crippen LogP contribution is -2.27. The normalized spacial score (nSPS) is 12.7. The molecule has 0 saturated heterocycles. The van der Waals surface area contributed by atoms with Crippen LogP contribution in [0.25, 0.3) is 0 Å². The van der Waals surface area contributed by atoms with Crippen LogP contribution in [0.5, 0.6) is 0 Å². The SMILES string of the molecule is Cc1ccc(C(CNS(=O)(=O)c2ccc(C)cc2)Sc2ccc(Br)cc2)cc1. The van der Waals surface area contributed by atoms with Crippen molar-refractivity contribution < 1.29 is 8.42 Å². The van der Waals surface area contributed by atoms with E-state index in [1.165, 1.54) is 5.56 Å². The van der Waals surface area contributed by atoms with Gasteiger partial charge in [-0.1, -0.05) is 63.5 Å². The summed E-state index contributed by atoms with van der Waals surface area (Å²) in [5.74, 6) is 0. The molecule has 0 radical (unpaired) electrons. The molecule has 0 fully saturated rings. The van der Waals surface area contributed by atoms with E-state index < -0.39 is 10.0 Å². The van der Waals surface area contributed by atoms with Gasteiger partial charge in [0.25, 0.3) is 0 Å². The number of halogens is 1. The van der Waals surface area contributed by atoms with Gasteiger partial charge in [-0.2, -0.15) is 0 Å². The second-order valence-electron chi connectivity index (χ2n) is 6.64. The third-order valence-corrected chi connectivity index (χ3v) is 7.57. The lowest BCUT2D eigenvalue weighted by Gasteiger charge is -2.18. The molecule has 146 valence electrons. The number of thioether (sulfide) groups is 1. The average Bonchev–Trinajstić information content (AvgIpc) is 2.68. The summed E-state index contributed by atoms with van der Waals surface area (Å²) in [4.78, 5) is 1.37. The van der Waals surface area contributed by atoms with Crippen LogP contribution in [0, 0.1) is 13.8 Å². The van der Waals surface area contributed by atoms with Gasteiger partial charge in [-0.3, -0.25) is 0 Å². The van der Waals surface area contributed by atoms with Gasteiger partial charge in [0.05, 0.1) is 4.90 Å². The highest BCUT2D eigenvalue weighted by molar-refractivity contribution is 9.10. The molecule has 0 aliphatic heterocycles. The fraction of sp³-hybridized carbons (Fsp3) is 0.182. The summed E-state index contributed by atoms with van der Waals surface area (Å²) >= 11 is 5.10. The predicted octanol–water partition coefficient (Wildman–Crippen LogP) is 5.88. The smallest absolute Gasteiger partial charge is 0.210 e. The molecule has 0 bridgehead atoms. The lowest BCUT2D eigenvalue weighted by atomic mass is 10.1. The second-order valence-corrected chi connectivity index (χ2v) is 10.6. The molecule has 0 spiro atoms. The number of hydrogen-bond donors (Lipinski definition) is 1.